The summed E-state index contributed by atoms with van der Waals surface area (Å²) in [5.41, 5.74) is 2.00. The second kappa shape index (κ2) is 5.55. The van der Waals surface area contributed by atoms with Crippen LogP contribution in [0.4, 0.5) is 5.95 Å². The third-order valence-electron chi connectivity index (χ3n) is 4.08. The Morgan fingerprint density at radius 2 is 2.12 bits per heavy atom. The fourth-order valence-corrected chi connectivity index (χ4v) is 3.00. The first kappa shape index (κ1) is 14.6. The molecule has 2 aromatic rings. The lowest BCUT2D eigenvalue weighted by Gasteiger charge is -2.28. The molecule has 0 amide bonds. The first-order valence-electron chi connectivity index (χ1n) is 7.54. The van der Waals surface area contributed by atoms with E-state index in [1.807, 2.05) is 25.1 Å². The molecule has 1 unspecified atom stereocenters. The van der Waals surface area contributed by atoms with Crippen LogP contribution in [0.1, 0.15) is 18.5 Å². The van der Waals surface area contributed by atoms with Crippen molar-refractivity contribution < 1.29 is 19.0 Å². The van der Waals surface area contributed by atoms with E-state index in [-0.39, 0.29) is 0 Å². The quantitative estimate of drug-likeness (QED) is 0.836. The Bertz CT molecular complexity index is 842. The molecule has 1 aromatic carbocycles. The van der Waals surface area contributed by atoms with Crippen molar-refractivity contribution in [2.24, 2.45) is 0 Å². The van der Waals surface area contributed by atoms with Crippen molar-refractivity contribution in [2.45, 2.75) is 13.0 Å². The molecule has 4 rings (SSSR count). The lowest BCUT2D eigenvalue weighted by Crippen LogP contribution is -2.29. The number of carbonyl (C=O) groups excluding carboxylic acids is 1. The molecule has 0 saturated carbocycles. The summed E-state index contributed by atoms with van der Waals surface area (Å²) in [5, 5.41) is 7.34. The van der Waals surface area contributed by atoms with E-state index in [9.17, 15) is 4.79 Å². The molecular weight excluding hydrogens is 312 g/mol. The Labute approximate surface area is 138 Å². The summed E-state index contributed by atoms with van der Waals surface area (Å²) in [6.07, 6.45) is 1.45. The van der Waals surface area contributed by atoms with Gasteiger partial charge in [0.2, 0.25) is 5.95 Å². The molecule has 2 aliphatic rings. The number of fused-ring (bicyclic) bond motifs is 2. The van der Waals surface area contributed by atoms with Crippen molar-refractivity contribution in [1.29, 1.82) is 0 Å². The summed E-state index contributed by atoms with van der Waals surface area (Å²) in [6.45, 7) is 2.84. The number of aromatic nitrogens is 3. The van der Waals surface area contributed by atoms with Crippen molar-refractivity contribution >= 4 is 11.9 Å². The zero-order valence-corrected chi connectivity index (χ0v) is 13.3. The van der Waals surface area contributed by atoms with Crippen molar-refractivity contribution in [3.8, 4) is 11.5 Å². The third-order valence-corrected chi connectivity index (χ3v) is 4.08. The second-order valence-corrected chi connectivity index (χ2v) is 5.49. The van der Waals surface area contributed by atoms with Gasteiger partial charge >= 0.3 is 5.97 Å². The Morgan fingerprint density at radius 1 is 1.33 bits per heavy atom. The van der Waals surface area contributed by atoms with Gasteiger partial charge in [0.05, 0.1) is 12.7 Å². The molecular formula is C16H16N4O4. The molecule has 0 radical (unpaired) electrons. The van der Waals surface area contributed by atoms with Gasteiger partial charge in [0.1, 0.15) is 25.6 Å². The molecule has 1 atom stereocenters. The Morgan fingerprint density at radius 3 is 2.92 bits per heavy atom. The smallest absolute Gasteiger partial charge is 0.338 e. The number of nitrogens with one attached hydrogen (secondary N) is 1. The Kier molecular flexibility index (Phi) is 3.37. The van der Waals surface area contributed by atoms with Gasteiger partial charge in [-0.2, -0.15) is 10.1 Å². The zero-order chi connectivity index (χ0) is 16.7. The van der Waals surface area contributed by atoms with E-state index in [0.29, 0.717) is 41.9 Å². The number of rotatable bonds is 2. The van der Waals surface area contributed by atoms with E-state index < -0.39 is 12.0 Å². The second-order valence-electron chi connectivity index (χ2n) is 5.49. The number of hydrogen-bond donors (Lipinski definition) is 1. The maximum atomic E-state index is 12.3. The highest BCUT2D eigenvalue weighted by Gasteiger charge is 2.34. The van der Waals surface area contributed by atoms with Crippen LogP contribution >= 0.6 is 0 Å². The highest BCUT2D eigenvalue weighted by atomic mass is 16.6. The summed E-state index contributed by atoms with van der Waals surface area (Å²) < 4.78 is 17.8. The molecule has 0 saturated heterocycles. The monoisotopic (exact) mass is 328 g/mol. The van der Waals surface area contributed by atoms with Crippen LogP contribution in [0.5, 0.6) is 11.5 Å². The average molecular weight is 328 g/mol. The number of esters is 1. The molecule has 8 nitrogen and oxygen atoms in total. The number of ether oxygens (including phenoxy) is 3. The summed E-state index contributed by atoms with van der Waals surface area (Å²) in [6, 6.07) is 5.15. The van der Waals surface area contributed by atoms with Gasteiger partial charge in [-0.05, 0) is 24.6 Å². The van der Waals surface area contributed by atoms with Crippen molar-refractivity contribution in [3.63, 3.8) is 0 Å². The van der Waals surface area contributed by atoms with E-state index in [2.05, 4.69) is 15.4 Å². The minimum absolute atomic E-state index is 0.416. The molecule has 0 bridgehead atoms. The lowest BCUT2D eigenvalue weighted by atomic mass is 9.95. The van der Waals surface area contributed by atoms with Crippen molar-refractivity contribution in [3.05, 3.63) is 41.4 Å². The van der Waals surface area contributed by atoms with E-state index in [1.54, 1.807) is 4.68 Å². The first-order valence-corrected chi connectivity index (χ1v) is 7.54. The van der Waals surface area contributed by atoms with Crippen LogP contribution in [0, 0.1) is 0 Å². The minimum atomic E-state index is -0.452. The highest BCUT2D eigenvalue weighted by molar-refractivity contribution is 5.92. The maximum absolute atomic E-state index is 12.3. The molecule has 3 heterocycles. The number of nitrogens with zero attached hydrogens (tertiary/aromatic N) is 3. The van der Waals surface area contributed by atoms with Gasteiger partial charge < -0.3 is 19.5 Å². The van der Waals surface area contributed by atoms with Crippen molar-refractivity contribution in [2.75, 3.05) is 25.6 Å². The third kappa shape index (κ3) is 2.18. The maximum Gasteiger partial charge on any atom is 0.338 e. The van der Waals surface area contributed by atoms with E-state index in [4.69, 9.17) is 14.2 Å². The van der Waals surface area contributed by atoms with E-state index >= 15 is 0 Å². The number of benzene rings is 1. The molecule has 0 spiro atoms. The standard InChI is InChI=1S/C16H16N4O4/c1-9-13(15(21)22-2)14(20-16(19-9)17-8-18-20)10-3-4-11-12(7-10)24-6-5-23-11/h3-4,7-8,14H,5-6H2,1-2H3,(H,17,18,19). The zero-order valence-electron chi connectivity index (χ0n) is 13.3. The molecule has 2 aliphatic heterocycles. The minimum Gasteiger partial charge on any atom is -0.486 e. The average Bonchev–Trinajstić information content (AvgIpc) is 3.07. The number of methoxy groups -OCH3 is 1. The van der Waals surface area contributed by atoms with Crippen LogP contribution in [0.3, 0.4) is 0 Å². The summed E-state index contributed by atoms with van der Waals surface area (Å²) >= 11 is 0. The predicted molar refractivity (Wildman–Crippen MR) is 83.9 cm³/mol. The molecule has 1 N–H and O–H groups in total. The van der Waals surface area contributed by atoms with Gasteiger partial charge in [0, 0.05) is 5.70 Å². The van der Waals surface area contributed by atoms with Gasteiger partial charge in [0.15, 0.2) is 11.5 Å². The first-order chi connectivity index (χ1) is 11.7. The molecule has 8 heteroatoms. The number of carbonyl (C=O) groups is 1. The SMILES string of the molecule is COC(=O)C1=C(C)Nc2ncnn2C1c1ccc2c(c1)OCCO2. The molecule has 0 fully saturated rings. The summed E-state index contributed by atoms with van der Waals surface area (Å²) in [5.74, 6) is 1.50. The van der Waals surface area contributed by atoms with E-state index in [0.717, 1.165) is 5.56 Å². The van der Waals surface area contributed by atoms with Crippen LogP contribution in [-0.4, -0.2) is 41.1 Å². The molecule has 124 valence electrons. The molecule has 1 aromatic heterocycles. The van der Waals surface area contributed by atoms with Crippen LogP contribution in [-0.2, 0) is 9.53 Å². The molecule has 0 aliphatic carbocycles. The Hall–Kier alpha value is -3.03. The van der Waals surface area contributed by atoms with Gasteiger partial charge in [-0.3, -0.25) is 0 Å². The van der Waals surface area contributed by atoms with Gasteiger partial charge in [-0.25, -0.2) is 9.48 Å². The summed E-state index contributed by atoms with van der Waals surface area (Å²) in [4.78, 5) is 16.5. The van der Waals surface area contributed by atoms with Crippen LogP contribution < -0.4 is 14.8 Å². The van der Waals surface area contributed by atoms with E-state index in [1.165, 1.54) is 13.4 Å². The highest BCUT2D eigenvalue weighted by Crippen LogP contribution is 2.39. The van der Waals surface area contributed by atoms with Gasteiger partial charge in [-0.1, -0.05) is 6.07 Å². The van der Waals surface area contributed by atoms with Gasteiger partial charge in [-0.15, -0.1) is 0 Å². The largest absolute Gasteiger partial charge is 0.486 e. The van der Waals surface area contributed by atoms with Crippen LogP contribution in [0.2, 0.25) is 0 Å². The lowest BCUT2D eigenvalue weighted by molar-refractivity contribution is -0.136. The van der Waals surface area contributed by atoms with Crippen LogP contribution in [0.25, 0.3) is 0 Å². The fourth-order valence-electron chi connectivity index (χ4n) is 3.00. The topological polar surface area (TPSA) is 87.5 Å². The number of anilines is 1. The van der Waals surface area contributed by atoms with Gasteiger partial charge in [0.25, 0.3) is 0 Å². The fraction of sp³-hybridized carbons (Fsp3) is 0.312. The number of allylic oxidation sites excluding steroid dienone is 1. The normalized spacial score (nSPS) is 18.7. The number of hydrogen-bond acceptors (Lipinski definition) is 7. The Balaban J connectivity index is 1.86. The van der Waals surface area contributed by atoms with Crippen LogP contribution in [0.15, 0.2) is 35.8 Å². The summed E-state index contributed by atoms with van der Waals surface area (Å²) in [7, 11) is 1.36. The van der Waals surface area contributed by atoms with Crippen molar-refractivity contribution in [1.82, 2.24) is 14.8 Å². The predicted octanol–water partition coefficient (Wildman–Crippen LogP) is 1.51. The molecule has 24 heavy (non-hydrogen) atoms.